The lowest BCUT2D eigenvalue weighted by Crippen LogP contribution is -2.28. The van der Waals surface area contributed by atoms with Crippen molar-refractivity contribution in [3.8, 4) is 5.75 Å². The highest BCUT2D eigenvalue weighted by molar-refractivity contribution is 7.91. The van der Waals surface area contributed by atoms with Gasteiger partial charge in [-0.1, -0.05) is 12.1 Å². The van der Waals surface area contributed by atoms with Crippen LogP contribution in [0.2, 0.25) is 0 Å². The zero-order valence-electron chi connectivity index (χ0n) is 15.2. The number of carbonyl (C=O) groups excluding carboxylic acids is 2. The predicted molar refractivity (Wildman–Crippen MR) is 98.9 cm³/mol. The number of carbonyl (C=O) groups is 2. The van der Waals surface area contributed by atoms with Gasteiger partial charge in [0.2, 0.25) is 0 Å². The van der Waals surface area contributed by atoms with Gasteiger partial charge in [0.05, 0.1) is 24.2 Å². The van der Waals surface area contributed by atoms with Crippen molar-refractivity contribution in [1.29, 1.82) is 0 Å². The van der Waals surface area contributed by atoms with Crippen LogP contribution in [0.1, 0.15) is 12.0 Å². The Morgan fingerprint density at radius 1 is 1.04 bits per heavy atom. The number of rotatable bonds is 9. The fourth-order valence-corrected chi connectivity index (χ4v) is 3.41. The third kappa shape index (κ3) is 6.66. The van der Waals surface area contributed by atoms with E-state index in [1.807, 2.05) is 0 Å². The van der Waals surface area contributed by atoms with Crippen LogP contribution in [0.25, 0.3) is 0 Å². The largest absolute Gasteiger partial charge is 0.497 e. The highest BCUT2D eigenvalue weighted by Gasteiger charge is 2.17. The van der Waals surface area contributed by atoms with E-state index in [0.717, 1.165) is 29.8 Å². The van der Waals surface area contributed by atoms with Crippen molar-refractivity contribution in [3.63, 3.8) is 0 Å². The number of amides is 1. The zero-order valence-corrected chi connectivity index (χ0v) is 16.0. The number of sulfone groups is 1. The summed E-state index contributed by atoms with van der Waals surface area (Å²) in [5.74, 6) is -1.68. The Bertz CT molecular complexity index is 910. The van der Waals surface area contributed by atoms with E-state index in [0.29, 0.717) is 5.75 Å². The maximum Gasteiger partial charge on any atom is 0.307 e. The first kappa shape index (κ1) is 21.4. The summed E-state index contributed by atoms with van der Waals surface area (Å²) < 4.78 is 46.8. The fourth-order valence-electron chi connectivity index (χ4n) is 2.19. The van der Waals surface area contributed by atoms with Gasteiger partial charge in [-0.15, -0.1) is 0 Å². The lowest BCUT2D eigenvalue weighted by Gasteiger charge is -2.08. The van der Waals surface area contributed by atoms with Crippen molar-refractivity contribution in [2.75, 3.05) is 19.5 Å². The van der Waals surface area contributed by atoms with Crippen LogP contribution in [0.4, 0.5) is 4.39 Å². The summed E-state index contributed by atoms with van der Waals surface area (Å²) in [6.07, 6.45) is -0.411. The molecule has 7 nitrogen and oxygen atoms in total. The molecule has 0 fully saturated rings. The maximum absolute atomic E-state index is 12.9. The van der Waals surface area contributed by atoms with Gasteiger partial charge in [-0.25, -0.2) is 12.8 Å². The van der Waals surface area contributed by atoms with E-state index in [1.54, 1.807) is 31.4 Å². The number of benzene rings is 2. The van der Waals surface area contributed by atoms with Crippen LogP contribution in [-0.2, 0) is 30.7 Å². The van der Waals surface area contributed by atoms with Crippen LogP contribution in [0.15, 0.2) is 53.4 Å². The molecule has 0 heterocycles. The summed E-state index contributed by atoms with van der Waals surface area (Å²) >= 11 is 0. The minimum atomic E-state index is -3.74. The molecule has 0 saturated heterocycles. The molecule has 0 atom stereocenters. The molecule has 1 amide bonds. The second-order valence-electron chi connectivity index (χ2n) is 5.81. The molecule has 9 heteroatoms. The van der Waals surface area contributed by atoms with E-state index in [-0.39, 0.29) is 11.4 Å². The second kappa shape index (κ2) is 9.84. The Kier molecular flexibility index (Phi) is 7.51. The van der Waals surface area contributed by atoms with E-state index in [9.17, 15) is 22.4 Å². The molecule has 0 spiro atoms. The fraction of sp³-hybridized carbons (Fsp3) is 0.263. The average Bonchev–Trinajstić information content (AvgIpc) is 2.70. The van der Waals surface area contributed by atoms with Crippen molar-refractivity contribution in [2.24, 2.45) is 0 Å². The molecule has 0 aromatic heterocycles. The smallest absolute Gasteiger partial charge is 0.307 e. The van der Waals surface area contributed by atoms with Crippen LogP contribution in [0.3, 0.4) is 0 Å². The first-order chi connectivity index (χ1) is 13.3. The van der Waals surface area contributed by atoms with Crippen LogP contribution in [-0.4, -0.2) is 39.8 Å². The van der Waals surface area contributed by atoms with Crippen molar-refractivity contribution >= 4 is 21.7 Å². The Labute approximate surface area is 162 Å². The molecule has 0 saturated carbocycles. The van der Waals surface area contributed by atoms with E-state index in [2.05, 4.69) is 5.32 Å². The third-order valence-electron chi connectivity index (χ3n) is 3.76. The highest BCUT2D eigenvalue weighted by Crippen LogP contribution is 2.13. The van der Waals surface area contributed by atoms with E-state index < -0.39 is 46.3 Å². The summed E-state index contributed by atoms with van der Waals surface area (Å²) in [5, 5.41) is 2.58. The molecule has 1 N–H and O–H groups in total. The first-order valence-corrected chi connectivity index (χ1v) is 9.99. The molecule has 0 aliphatic heterocycles. The second-order valence-corrected chi connectivity index (χ2v) is 7.92. The molecule has 0 aliphatic carbocycles. The van der Waals surface area contributed by atoms with Gasteiger partial charge in [0, 0.05) is 6.54 Å². The van der Waals surface area contributed by atoms with Crippen molar-refractivity contribution in [3.05, 3.63) is 59.9 Å². The summed E-state index contributed by atoms with van der Waals surface area (Å²) in [6, 6.07) is 11.4. The van der Waals surface area contributed by atoms with Crippen LogP contribution < -0.4 is 10.1 Å². The minimum Gasteiger partial charge on any atom is -0.497 e. The molecule has 150 valence electrons. The van der Waals surface area contributed by atoms with Gasteiger partial charge in [0.25, 0.3) is 5.91 Å². The number of nitrogens with one attached hydrogen (secondary N) is 1. The summed E-state index contributed by atoms with van der Waals surface area (Å²) in [7, 11) is -2.19. The van der Waals surface area contributed by atoms with E-state index >= 15 is 0 Å². The number of methoxy groups -OCH3 is 1. The molecule has 0 unspecified atom stereocenters. The molecular formula is C19H20FNO6S. The highest BCUT2D eigenvalue weighted by atomic mass is 32.2. The average molecular weight is 409 g/mol. The monoisotopic (exact) mass is 409 g/mol. The normalized spacial score (nSPS) is 10.9. The molecule has 0 aliphatic rings. The molecule has 2 rings (SSSR count). The minimum absolute atomic E-state index is 0.0843. The quantitative estimate of drug-likeness (QED) is 0.501. The number of esters is 1. The topological polar surface area (TPSA) is 98.8 Å². The zero-order chi connectivity index (χ0) is 20.6. The molecule has 28 heavy (non-hydrogen) atoms. The summed E-state index contributed by atoms with van der Waals surface area (Å²) in [5.41, 5.74) is 0.839. The Hall–Kier alpha value is -2.94. The lowest BCUT2D eigenvalue weighted by molar-refractivity contribution is -0.148. The van der Waals surface area contributed by atoms with Gasteiger partial charge < -0.3 is 14.8 Å². The maximum atomic E-state index is 12.9. The SMILES string of the molecule is COc1ccc(CNC(=O)COC(=O)CCS(=O)(=O)c2ccc(F)cc2)cc1. The van der Waals surface area contributed by atoms with Crippen LogP contribution in [0, 0.1) is 5.82 Å². The van der Waals surface area contributed by atoms with Gasteiger partial charge in [0.1, 0.15) is 11.6 Å². The summed E-state index contributed by atoms with van der Waals surface area (Å²) in [4.78, 5) is 23.3. The van der Waals surface area contributed by atoms with Gasteiger partial charge in [0.15, 0.2) is 16.4 Å². The van der Waals surface area contributed by atoms with Crippen molar-refractivity contribution < 1.29 is 31.9 Å². The first-order valence-electron chi connectivity index (χ1n) is 8.34. The molecule has 0 bridgehead atoms. The number of hydrogen-bond acceptors (Lipinski definition) is 6. The molecule has 2 aromatic carbocycles. The van der Waals surface area contributed by atoms with Gasteiger partial charge in [-0.2, -0.15) is 0 Å². The lowest BCUT2D eigenvalue weighted by atomic mass is 10.2. The third-order valence-corrected chi connectivity index (χ3v) is 5.49. The van der Waals surface area contributed by atoms with Crippen molar-refractivity contribution in [2.45, 2.75) is 17.9 Å². The Balaban J connectivity index is 1.72. The van der Waals surface area contributed by atoms with Gasteiger partial charge in [-0.3, -0.25) is 9.59 Å². The Morgan fingerprint density at radius 2 is 1.68 bits per heavy atom. The van der Waals surface area contributed by atoms with Crippen LogP contribution in [0.5, 0.6) is 5.75 Å². The molecular weight excluding hydrogens is 389 g/mol. The number of ether oxygens (including phenoxy) is 2. The number of hydrogen-bond donors (Lipinski definition) is 1. The van der Waals surface area contributed by atoms with E-state index in [4.69, 9.17) is 9.47 Å². The predicted octanol–water partition coefficient (Wildman–Crippen LogP) is 1.86. The Morgan fingerprint density at radius 3 is 2.29 bits per heavy atom. The van der Waals surface area contributed by atoms with Crippen molar-refractivity contribution in [1.82, 2.24) is 5.32 Å². The summed E-state index contributed by atoms with van der Waals surface area (Å²) in [6.45, 7) is -0.259. The number of halogens is 1. The molecule has 2 aromatic rings. The van der Waals surface area contributed by atoms with Gasteiger partial charge in [-0.05, 0) is 42.0 Å². The standard InChI is InChI=1S/C19H20FNO6S/c1-26-16-6-2-14(3-7-16)12-21-18(22)13-27-19(23)10-11-28(24,25)17-8-4-15(20)5-9-17/h2-9H,10-13H2,1H3,(H,21,22). The molecule has 0 radical (unpaired) electrons. The van der Waals surface area contributed by atoms with Crippen LogP contribution >= 0.6 is 0 Å². The van der Waals surface area contributed by atoms with Gasteiger partial charge >= 0.3 is 5.97 Å². The van der Waals surface area contributed by atoms with E-state index in [1.165, 1.54) is 0 Å².